The zero-order chi connectivity index (χ0) is 23.4. The second-order valence-corrected chi connectivity index (χ2v) is 9.32. The molecule has 0 bridgehead atoms. The Bertz CT molecular complexity index is 1080. The molecule has 2 aromatic carbocycles. The van der Waals surface area contributed by atoms with E-state index >= 15 is 0 Å². The summed E-state index contributed by atoms with van der Waals surface area (Å²) in [6.07, 6.45) is 0. The third-order valence-corrected chi connectivity index (χ3v) is 7.47. The summed E-state index contributed by atoms with van der Waals surface area (Å²) in [6.45, 7) is 3.46. The maximum atomic E-state index is 10.8. The smallest absolute Gasteiger partial charge is 0.339 e. The van der Waals surface area contributed by atoms with E-state index in [0.717, 1.165) is 29.9 Å². The average molecular weight is 473 g/mol. The molecule has 4 aromatic rings. The minimum Gasteiger partial charge on any atom is -0.350 e. The Kier molecular flexibility index (Phi) is 7.31. The minimum absolute atomic E-state index is 0.421. The molecule has 0 aliphatic rings. The lowest BCUT2D eigenvalue weighted by Crippen LogP contribution is -2.34. The molecule has 2 heterocycles. The summed E-state index contributed by atoms with van der Waals surface area (Å²) in [5.74, 6) is 0. The number of hydrogen-bond acceptors (Lipinski definition) is 6. The van der Waals surface area contributed by atoms with Crippen LogP contribution in [0.15, 0.2) is 60.7 Å². The van der Waals surface area contributed by atoms with Gasteiger partial charge in [-0.15, -0.1) is 22.7 Å². The lowest BCUT2D eigenvalue weighted by Gasteiger charge is -2.18. The van der Waals surface area contributed by atoms with Crippen molar-refractivity contribution in [2.45, 2.75) is 25.9 Å². The van der Waals surface area contributed by atoms with E-state index in [0.29, 0.717) is 10.1 Å². The molecule has 4 rings (SSSR count). The van der Waals surface area contributed by atoms with Crippen molar-refractivity contribution < 1.29 is 20.0 Å². The highest BCUT2D eigenvalue weighted by atomic mass is 32.1. The highest BCUT2D eigenvalue weighted by molar-refractivity contribution is 7.19. The second kappa shape index (κ2) is 9.96. The van der Waals surface area contributed by atoms with Gasteiger partial charge in [-0.25, -0.2) is 9.59 Å². The van der Waals surface area contributed by atoms with E-state index in [-0.39, 0.29) is 0 Å². The van der Waals surface area contributed by atoms with Crippen LogP contribution in [0.1, 0.15) is 35.7 Å². The number of fused-ring (bicyclic) bond motifs is 2. The molecule has 0 aliphatic heterocycles. The monoisotopic (exact) mass is 472 g/mol. The first kappa shape index (κ1) is 23.5. The van der Waals surface area contributed by atoms with E-state index in [4.69, 9.17) is 11.5 Å². The van der Waals surface area contributed by atoms with E-state index in [1.165, 1.54) is 0 Å². The largest absolute Gasteiger partial charge is 0.350 e. The van der Waals surface area contributed by atoms with Gasteiger partial charge in [0.05, 0.1) is 12.1 Å². The maximum absolute atomic E-state index is 10.8. The molecule has 168 valence electrons. The van der Waals surface area contributed by atoms with Gasteiger partial charge in [0, 0.05) is 19.2 Å². The van der Waals surface area contributed by atoms with Crippen molar-refractivity contribution in [2.75, 3.05) is 0 Å². The van der Waals surface area contributed by atoms with Gasteiger partial charge in [-0.2, -0.15) is 10.1 Å². The first-order valence-corrected chi connectivity index (χ1v) is 11.3. The molecule has 0 saturated carbocycles. The Labute approximate surface area is 192 Å². The summed E-state index contributed by atoms with van der Waals surface area (Å²) >= 11 is 3.08. The third kappa shape index (κ3) is 5.17. The molecular weight excluding hydrogens is 448 g/mol. The normalized spacial score (nSPS) is 12.6. The zero-order valence-electron chi connectivity index (χ0n) is 17.5. The van der Waals surface area contributed by atoms with Crippen LogP contribution >= 0.6 is 22.7 Å². The molecular formula is C22H24N4O4S2. The molecule has 0 radical (unpaired) electrons. The fourth-order valence-electron chi connectivity index (χ4n) is 3.04. The van der Waals surface area contributed by atoms with Crippen molar-refractivity contribution >= 4 is 54.9 Å². The van der Waals surface area contributed by atoms with Crippen LogP contribution in [-0.2, 0) is 0 Å². The average Bonchev–Trinajstić information content (AvgIpc) is 3.41. The van der Waals surface area contributed by atoms with Gasteiger partial charge in [0.1, 0.15) is 0 Å². The molecule has 0 aliphatic carbocycles. The number of amides is 4. The third-order valence-electron chi connectivity index (χ3n) is 4.90. The molecule has 32 heavy (non-hydrogen) atoms. The number of carbonyl (C=O) groups is 2. The number of nitrogens with two attached hydrogens (primary N) is 2. The quantitative estimate of drug-likeness (QED) is 0.232. The molecule has 4 amide bonds. The van der Waals surface area contributed by atoms with Crippen LogP contribution in [0.5, 0.6) is 0 Å². The van der Waals surface area contributed by atoms with Crippen LogP contribution in [0.2, 0.25) is 0 Å². The molecule has 8 nitrogen and oxygen atoms in total. The Morgan fingerprint density at radius 3 is 1.41 bits per heavy atom. The maximum Gasteiger partial charge on any atom is 0.339 e. The Morgan fingerprint density at radius 2 is 1.09 bits per heavy atom. The molecule has 10 heteroatoms. The highest BCUT2D eigenvalue weighted by Crippen LogP contribution is 2.32. The van der Waals surface area contributed by atoms with Crippen LogP contribution < -0.4 is 11.5 Å². The summed E-state index contributed by atoms with van der Waals surface area (Å²) < 4.78 is 2.25. The molecule has 0 saturated heterocycles. The van der Waals surface area contributed by atoms with Gasteiger partial charge in [-0.3, -0.25) is 10.4 Å². The van der Waals surface area contributed by atoms with Crippen molar-refractivity contribution in [3.8, 4) is 0 Å². The Morgan fingerprint density at radius 1 is 0.750 bits per heavy atom. The van der Waals surface area contributed by atoms with Crippen molar-refractivity contribution in [2.24, 2.45) is 11.5 Å². The Hall–Kier alpha value is -3.18. The molecule has 6 N–H and O–H groups in total. The number of nitrogens with zero attached hydrogens (tertiary/aromatic N) is 2. The molecule has 2 aromatic heterocycles. The summed E-state index contributed by atoms with van der Waals surface area (Å²) in [5.41, 5.74) is 10.0. The van der Waals surface area contributed by atoms with Crippen LogP contribution in [0.4, 0.5) is 9.59 Å². The number of benzene rings is 2. The predicted molar refractivity (Wildman–Crippen MR) is 127 cm³/mol. The molecule has 0 unspecified atom stereocenters. The van der Waals surface area contributed by atoms with Gasteiger partial charge >= 0.3 is 12.1 Å². The SMILES string of the molecule is C[C@@H](c1cc2ccccc2s1)N(O)C(N)=O.C[C@@H](c1cc2ccccc2s1)N(O)C(N)=O. The van der Waals surface area contributed by atoms with Crippen LogP contribution in [0.25, 0.3) is 20.2 Å². The summed E-state index contributed by atoms with van der Waals surface area (Å²) in [6, 6.07) is 17.2. The zero-order valence-corrected chi connectivity index (χ0v) is 19.1. The minimum atomic E-state index is -0.843. The first-order valence-electron chi connectivity index (χ1n) is 9.71. The Balaban J connectivity index is 0.000000181. The van der Waals surface area contributed by atoms with Gasteiger partial charge in [0.15, 0.2) is 0 Å². The van der Waals surface area contributed by atoms with E-state index in [9.17, 15) is 20.0 Å². The molecule has 0 fully saturated rings. The summed E-state index contributed by atoms with van der Waals surface area (Å²) in [7, 11) is 0. The fraction of sp³-hybridized carbons (Fsp3) is 0.182. The van der Waals surface area contributed by atoms with E-state index < -0.39 is 24.1 Å². The highest BCUT2D eigenvalue weighted by Gasteiger charge is 2.20. The van der Waals surface area contributed by atoms with Crippen LogP contribution in [-0.4, -0.2) is 32.6 Å². The van der Waals surface area contributed by atoms with Gasteiger partial charge in [0.25, 0.3) is 0 Å². The molecule has 0 spiro atoms. The lowest BCUT2D eigenvalue weighted by molar-refractivity contribution is -0.0700. The number of primary amides is 2. The van der Waals surface area contributed by atoms with Gasteiger partial charge in [-0.05, 0) is 48.9 Å². The van der Waals surface area contributed by atoms with Crippen molar-refractivity contribution in [3.05, 3.63) is 70.4 Å². The van der Waals surface area contributed by atoms with Crippen molar-refractivity contribution in [1.29, 1.82) is 0 Å². The van der Waals surface area contributed by atoms with Gasteiger partial charge < -0.3 is 11.5 Å². The van der Waals surface area contributed by atoms with Crippen molar-refractivity contribution in [3.63, 3.8) is 0 Å². The van der Waals surface area contributed by atoms with E-state index in [1.54, 1.807) is 36.5 Å². The summed E-state index contributed by atoms with van der Waals surface area (Å²) in [4.78, 5) is 23.5. The topological polar surface area (TPSA) is 133 Å². The van der Waals surface area contributed by atoms with Gasteiger partial charge in [-0.1, -0.05) is 36.4 Å². The van der Waals surface area contributed by atoms with E-state index in [2.05, 4.69) is 0 Å². The number of thiophene rings is 2. The van der Waals surface area contributed by atoms with Gasteiger partial charge in [0.2, 0.25) is 0 Å². The lowest BCUT2D eigenvalue weighted by atomic mass is 10.2. The molecule has 2 atom stereocenters. The number of carbonyl (C=O) groups excluding carboxylic acids is 2. The first-order chi connectivity index (χ1) is 15.2. The number of hydroxylamine groups is 4. The van der Waals surface area contributed by atoms with Crippen molar-refractivity contribution in [1.82, 2.24) is 10.1 Å². The number of hydrogen-bond donors (Lipinski definition) is 4. The van der Waals surface area contributed by atoms with E-state index in [1.807, 2.05) is 60.7 Å². The summed E-state index contributed by atoms with van der Waals surface area (Å²) in [5, 5.41) is 22.2. The number of urea groups is 2. The standard InChI is InChI=1S/2C11H12N2O2S/c2*1-7(13(15)11(12)14)10-6-8-4-2-3-5-9(8)16-10/h2*2-7,15H,1H3,(H2,12,14)/t2*7-/m00/s1. The number of rotatable bonds is 4. The second-order valence-electron chi connectivity index (χ2n) is 7.09. The van der Waals surface area contributed by atoms with Crippen LogP contribution in [0, 0.1) is 0 Å². The predicted octanol–water partition coefficient (Wildman–Crippen LogP) is 5.46. The van der Waals surface area contributed by atoms with Crippen LogP contribution in [0.3, 0.4) is 0 Å². The fourth-order valence-corrected chi connectivity index (χ4v) is 5.24.